The lowest BCUT2D eigenvalue weighted by atomic mass is 9.98. The van der Waals surface area contributed by atoms with Crippen molar-refractivity contribution in [3.63, 3.8) is 0 Å². The molecule has 0 aliphatic heterocycles. The van der Waals surface area contributed by atoms with Crippen molar-refractivity contribution in [2.24, 2.45) is 0 Å². The summed E-state index contributed by atoms with van der Waals surface area (Å²) in [4.78, 5) is 25.5. The molecular formula is C36H37N3O6. The first-order chi connectivity index (χ1) is 21.9. The molecule has 1 amide bonds. The first-order valence-corrected chi connectivity index (χ1v) is 15.0. The first-order valence-electron chi connectivity index (χ1n) is 15.0. The summed E-state index contributed by atoms with van der Waals surface area (Å²) < 4.78 is 5.95. The van der Waals surface area contributed by atoms with Crippen LogP contribution in [0.15, 0.2) is 102 Å². The quantitative estimate of drug-likeness (QED) is 0.0818. The topological polar surface area (TPSA) is 144 Å². The first kappa shape index (κ1) is 31.3. The number of benzene rings is 4. The summed E-state index contributed by atoms with van der Waals surface area (Å²) in [6, 6.07) is 29.7. The van der Waals surface area contributed by atoms with E-state index in [0.717, 1.165) is 53.7 Å². The second-order valence-electron chi connectivity index (χ2n) is 10.9. The van der Waals surface area contributed by atoms with Crippen molar-refractivity contribution in [1.29, 1.82) is 0 Å². The van der Waals surface area contributed by atoms with Crippen LogP contribution in [-0.2, 0) is 12.8 Å². The number of aromatic hydroxyl groups is 1. The largest absolute Gasteiger partial charge is 0.506 e. The molecular weight excluding hydrogens is 570 g/mol. The summed E-state index contributed by atoms with van der Waals surface area (Å²) >= 11 is 0. The third kappa shape index (κ3) is 8.50. The number of aromatic amines is 1. The van der Waals surface area contributed by atoms with Gasteiger partial charge in [-0.25, -0.2) is 4.79 Å². The number of aromatic nitrogens is 1. The van der Waals surface area contributed by atoms with Crippen LogP contribution in [0.3, 0.4) is 0 Å². The molecule has 1 aromatic heterocycles. The van der Waals surface area contributed by atoms with E-state index in [4.69, 9.17) is 4.74 Å². The number of hydrogen-bond acceptors (Lipinski definition) is 6. The minimum atomic E-state index is -1.08. The Morgan fingerprint density at radius 3 is 2.42 bits per heavy atom. The van der Waals surface area contributed by atoms with Crippen molar-refractivity contribution in [3.8, 4) is 22.6 Å². The number of aryl methyl sites for hydroxylation is 1. The zero-order valence-electron chi connectivity index (χ0n) is 24.8. The van der Waals surface area contributed by atoms with Crippen LogP contribution in [-0.4, -0.2) is 46.1 Å². The average Bonchev–Trinajstić information content (AvgIpc) is 3.04. The van der Waals surface area contributed by atoms with Crippen molar-refractivity contribution in [2.45, 2.75) is 31.8 Å². The van der Waals surface area contributed by atoms with Crippen LogP contribution in [0.4, 0.5) is 10.5 Å². The number of aliphatic hydroxyl groups excluding tert-OH is 1. The lowest BCUT2D eigenvalue weighted by molar-refractivity contribution is 0.176. The smallest absolute Gasteiger partial charge is 0.409 e. The van der Waals surface area contributed by atoms with E-state index >= 15 is 0 Å². The van der Waals surface area contributed by atoms with Crippen LogP contribution in [0.1, 0.15) is 35.6 Å². The number of amides is 1. The number of hydrogen-bond donors (Lipinski definition) is 6. The van der Waals surface area contributed by atoms with Gasteiger partial charge in [-0.05, 0) is 90.9 Å². The van der Waals surface area contributed by atoms with Gasteiger partial charge in [0.2, 0.25) is 5.56 Å². The number of fused-ring (bicyclic) bond motifs is 1. The number of ether oxygens (including phenoxy) is 1. The molecule has 0 aliphatic rings. The molecule has 4 aromatic carbocycles. The van der Waals surface area contributed by atoms with Gasteiger partial charge in [0.25, 0.3) is 0 Å². The normalized spacial score (nSPS) is 11.8. The van der Waals surface area contributed by atoms with Crippen LogP contribution in [0.2, 0.25) is 0 Å². The number of H-pyrrole nitrogens is 1. The third-order valence-corrected chi connectivity index (χ3v) is 7.66. The van der Waals surface area contributed by atoms with E-state index < -0.39 is 12.2 Å². The molecule has 232 valence electrons. The fraction of sp³-hybridized carbons (Fsp3) is 0.222. The Kier molecular flexibility index (Phi) is 10.5. The Balaban J connectivity index is 1.03. The number of pyridine rings is 1. The molecule has 0 saturated carbocycles. The highest BCUT2D eigenvalue weighted by atomic mass is 16.5. The summed E-state index contributed by atoms with van der Waals surface area (Å²) in [6.45, 7) is 1.60. The number of phenolic OH excluding ortho intramolecular Hbond substituents is 1. The highest BCUT2D eigenvalue weighted by Gasteiger charge is 2.14. The lowest BCUT2D eigenvalue weighted by Crippen LogP contribution is -2.24. The van der Waals surface area contributed by atoms with Crippen molar-refractivity contribution in [3.05, 3.63) is 124 Å². The van der Waals surface area contributed by atoms with Crippen LogP contribution in [0.25, 0.3) is 22.0 Å². The van der Waals surface area contributed by atoms with Gasteiger partial charge in [0, 0.05) is 23.6 Å². The molecule has 5 aromatic rings. The number of carboxylic acid groups (broad SMARTS) is 1. The van der Waals surface area contributed by atoms with Gasteiger partial charge < -0.3 is 30.4 Å². The Hall–Kier alpha value is -5.12. The number of carbonyl (C=O) groups is 1. The SMILES string of the molecule is O=C(O)Nc1ccc(CCCCOc2ccc(CCNC[C@H](O)c3ccc(O)c4[nH]c(=O)ccc34)cc2)cc1-c1ccccc1. The maximum absolute atomic E-state index is 11.6. The van der Waals surface area contributed by atoms with Gasteiger partial charge in [-0.2, -0.15) is 0 Å². The summed E-state index contributed by atoms with van der Waals surface area (Å²) in [5.41, 5.74) is 5.33. The number of anilines is 1. The van der Waals surface area contributed by atoms with Crippen molar-refractivity contribution >= 4 is 22.7 Å². The van der Waals surface area contributed by atoms with Crippen molar-refractivity contribution < 1.29 is 24.9 Å². The summed E-state index contributed by atoms with van der Waals surface area (Å²) in [7, 11) is 0. The summed E-state index contributed by atoms with van der Waals surface area (Å²) in [5.74, 6) is 0.783. The maximum Gasteiger partial charge on any atom is 0.409 e. The zero-order valence-corrected chi connectivity index (χ0v) is 24.8. The third-order valence-electron chi connectivity index (χ3n) is 7.66. The van der Waals surface area contributed by atoms with E-state index in [0.29, 0.717) is 41.9 Å². The molecule has 1 heterocycles. The Morgan fingerprint density at radius 1 is 0.867 bits per heavy atom. The molecule has 45 heavy (non-hydrogen) atoms. The molecule has 0 bridgehead atoms. The maximum atomic E-state index is 11.6. The number of unbranched alkanes of at least 4 members (excludes halogenated alkanes) is 1. The van der Waals surface area contributed by atoms with Gasteiger partial charge in [-0.15, -0.1) is 0 Å². The minimum absolute atomic E-state index is 0.0313. The zero-order chi connectivity index (χ0) is 31.6. The van der Waals surface area contributed by atoms with Crippen LogP contribution in [0, 0.1) is 0 Å². The monoisotopic (exact) mass is 607 g/mol. The molecule has 9 heteroatoms. The fourth-order valence-electron chi connectivity index (χ4n) is 5.33. The van der Waals surface area contributed by atoms with Gasteiger partial charge in [0.1, 0.15) is 11.5 Å². The number of aliphatic hydroxyl groups is 1. The van der Waals surface area contributed by atoms with Gasteiger partial charge in [0.05, 0.1) is 23.9 Å². The molecule has 0 saturated heterocycles. The molecule has 0 spiro atoms. The van der Waals surface area contributed by atoms with E-state index in [9.17, 15) is 24.9 Å². The van der Waals surface area contributed by atoms with Crippen molar-refractivity contribution in [1.82, 2.24) is 10.3 Å². The lowest BCUT2D eigenvalue weighted by Gasteiger charge is -2.15. The predicted molar refractivity (Wildman–Crippen MR) is 176 cm³/mol. The Labute approximate surface area is 261 Å². The fourth-order valence-corrected chi connectivity index (χ4v) is 5.33. The average molecular weight is 608 g/mol. The summed E-state index contributed by atoms with van der Waals surface area (Å²) in [5, 5.41) is 36.4. The molecule has 6 N–H and O–H groups in total. The van der Waals surface area contributed by atoms with Crippen LogP contribution >= 0.6 is 0 Å². The van der Waals surface area contributed by atoms with E-state index in [-0.39, 0.29) is 11.3 Å². The standard InChI is InChI=1S/C36H37N3O6/c40-32-17-14-28(29-15-18-34(42)39-35(29)32)33(41)23-37-20-19-24-9-12-27(13-10-24)45-21-5-4-6-25-11-16-31(38-36(43)44)30(22-25)26-7-2-1-3-8-26/h1-3,7-18,22,33,37-38,40-41H,4-6,19-21,23H2,(H,39,42)(H,43,44)/t33-/m0/s1. The van der Waals surface area contributed by atoms with E-state index in [1.807, 2.05) is 72.8 Å². The second kappa shape index (κ2) is 15.1. The van der Waals surface area contributed by atoms with Gasteiger partial charge >= 0.3 is 6.09 Å². The molecule has 0 fully saturated rings. The molecule has 0 aliphatic carbocycles. The predicted octanol–water partition coefficient (Wildman–Crippen LogP) is 6.26. The number of phenols is 1. The molecule has 0 unspecified atom stereocenters. The molecule has 1 atom stereocenters. The van der Waals surface area contributed by atoms with E-state index in [2.05, 4.69) is 15.6 Å². The van der Waals surface area contributed by atoms with Crippen LogP contribution < -0.4 is 20.9 Å². The number of nitrogens with one attached hydrogen (secondary N) is 3. The highest BCUT2D eigenvalue weighted by molar-refractivity contribution is 5.90. The Morgan fingerprint density at radius 2 is 1.64 bits per heavy atom. The van der Waals surface area contributed by atoms with Gasteiger partial charge in [-0.3, -0.25) is 10.1 Å². The van der Waals surface area contributed by atoms with E-state index in [1.165, 1.54) is 12.1 Å². The highest BCUT2D eigenvalue weighted by Crippen LogP contribution is 2.30. The number of rotatable bonds is 14. The van der Waals surface area contributed by atoms with E-state index in [1.54, 1.807) is 12.1 Å². The Bertz CT molecular complexity index is 1790. The second-order valence-corrected chi connectivity index (χ2v) is 10.9. The molecule has 9 nitrogen and oxygen atoms in total. The van der Waals surface area contributed by atoms with Crippen LogP contribution in [0.5, 0.6) is 11.5 Å². The molecule has 0 radical (unpaired) electrons. The van der Waals surface area contributed by atoms with Crippen molar-refractivity contribution in [2.75, 3.05) is 25.0 Å². The van der Waals surface area contributed by atoms with Gasteiger partial charge in [-0.1, -0.05) is 54.6 Å². The van der Waals surface area contributed by atoms with Gasteiger partial charge in [0.15, 0.2) is 0 Å². The summed E-state index contributed by atoms with van der Waals surface area (Å²) in [6.07, 6.45) is 1.58. The minimum Gasteiger partial charge on any atom is -0.506 e. The molecule has 5 rings (SSSR count).